The molecule has 1 aromatic carbocycles. The van der Waals surface area contributed by atoms with E-state index in [0.717, 1.165) is 27.0 Å². The third kappa shape index (κ3) is 3.26. The Morgan fingerprint density at radius 3 is 2.73 bits per heavy atom. The van der Waals surface area contributed by atoms with Gasteiger partial charge in [-0.15, -0.1) is 0 Å². The monoisotopic (exact) mass is 420 g/mol. The summed E-state index contributed by atoms with van der Waals surface area (Å²) in [5, 5.41) is 7.51. The van der Waals surface area contributed by atoms with Crippen molar-refractivity contribution in [2.75, 3.05) is 18.4 Å². The minimum Gasteiger partial charge on any atom is -0.377 e. The molecule has 9 heteroatoms. The van der Waals surface area contributed by atoms with Gasteiger partial charge in [-0.1, -0.05) is 17.4 Å². The van der Waals surface area contributed by atoms with Crippen molar-refractivity contribution in [3.63, 3.8) is 0 Å². The van der Waals surface area contributed by atoms with Crippen molar-refractivity contribution in [2.24, 2.45) is 14.1 Å². The number of aryl methyl sites for hydroxylation is 2. The molecule has 3 aromatic heterocycles. The predicted molar refractivity (Wildman–Crippen MR) is 117 cm³/mol. The number of benzene rings is 1. The fourth-order valence-electron chi connectivity index (χ4n) is 3.68. The number of carbonyl (C=O) groups is 1. The summed E-state index contributed by atoms with van der Waals surface area (Å²) >= 11 is 1.25. The van der Waals surface area contributed by atoms with Crippen LogP contribution in [0.1, 0.15) is 10.4 Å². The van der Waals surface area contributed by atoms with Crippen LogP contribution in [0, 0.1) is 0 Å². The molecule has 30 heavy (non-hydrogen) atoms. The maximum absolute atomic E-state index is 12.4. The fourth-order valence-corrected chi connectivity index (χ4v) is 4.59. The molecule has 0 radical (unpaired) electrons. The van der Waals surface area contributed by atoms with Gasteiger partial charge in [-0.3, -0.25) is 19.3 Å². The van der Waals surface area contributed by atoms with Gasteiger partial charge in [-0.25, -0.2) is 0 Å². The van der Waals surface area contributed by atoms with Crippen LogP contribution in [-0.4, -0.2) is 49.3 Å². The number of nitrogens with one attached hydrogen (secondary N) is 1. The Balaban J connectivity index is 1.28. The van der Waals surface area contributed by atoms with Crippen molar-refractivity contribution in [1.29, 1.82) is 0 Å². The average Bonchev–Trinajstić information content (AvgIpc) is 3.27. The second-order valence-corrected chi connectivity index (χ2v) is 8.52. The standard InChI is InChI=1S/C21H20N6O2S/c1-25-10-15(8-23-25)20(28)27-11-17(12-27)24-16-5-14(7-22-9-16)13-3-4-18-19(6-13)30-21(29)26(18)2/h3-10,17,24H,11-12H2,1-2H3. The number of hydrogen-bond acceptors (Lipinski definition) is 6. The van der Waals surface area contributed by atoms with Crippen molar-refractivity contribution < 1.29 is 4.79 Å². The predicted octanol–water partition coefficient (Wildman–Crippen LogP) is 2.33. The lowest BCUT2D eigenvalue weighted by Gasteiger charge is -2.39. The molecule has 1 N–H and O–H groups in total. The van der Waals surface area contributed by atoms with Gasteiger partial charge in [0.05, 0.1) is 33.7 Å². The normalized spacial score (nSPS) is 14.1. The zero-order valence-corrected chi connectivity index (χ0v) is 17.4. The summed E-state index contributed by atoms with van der Waals surface area (Å²) in [6.45, 7) is 1.28. The van der Waals surface area contributed by atoms with E-state index in [-0.39, 0.29) is 16.8 Å². The molecular formula is C21H20N6O2S. The van der Waals surface area contributed by atoms with Gasteiger partial charge in [-0.2, -0.15) is 5.10 Å². The van der Waals surface area contributed by atoms with Crippen molar-refractivity contribution in [1.82, 2.24) is 24.2 Å². The summed E-state index contributed by atoms with van der Waals surface area (Å²) in [4.78, 5) is 30.5. The Morgan fingerprint density at radius 1 is 1.13 bits per heavy atom. The molecule has 0 aliphatic carbocycles. The Morgan fingerprint density at radius 2 is 1.97 bits per heavy atom. The maximum atomic E-state index is 12.4. The summed E-state index contributed by atoms with van der Waals surface area (Å²) in [6.07, 6.45) is 6.93. The molecule has 4 aromatic rings. The molecule has 5 rings (SSSR count). The molecular weight excluding hydrogens is 400 g/mol. The average molecular weight is 420 g/mol. The minimum atomic E-state index is 0.00295. The van der Waals surface area contributed by atoms with Gasteiger partial charge in [0.25, 0.3) is 5.91 Å². The lowest BCUT2D eigenvalue weighted by molar-refractivity contribution is 0.0625. The zero-order chi connectivity index (χ0) is 20.8. The number of anilines is 1. The number of likely N-dealkylation sites (tertiary alicyclic amines) is 1. The van der Waals surface area contributed by atoms with Crippen LogP contribution in [0.15, 0.2) is 53.8 Å². The van der Waals surface area contributed by atoms with Gasteiger partial charge in [0.2, 0.25) is 0 Å². The Bertz CT molecular complexity index is 1310. The van der Waals surface area contributed by atoms with E-state index in [4.69, 9.17) is 0 Å². The highest BCUT2D eigenvalue weighted by atomic mass is 32.1. The minimum absolute atomic E-state index is 0.00295. The molecule has 152 valence electrons. The molecule has 0 bridgehead atoms. The van der Waals surface area contributed by atoms with Crippen LogP contribution in [-0.2, 0) is 14.1 Å². The first kappa shape index (κ1) is 18.6. The van der Waals surface area contributed by atoms with Crippen LogP contribution in [0.5, 0.6) is 0 Å². The number of hydrogen-bond donors (Lipinski definition) is 1. The van der Waals surface area contributed by atoms with E-state index in [1.54, 1.807) is 46.8 Å². The first-order valence-electron chi connectivity index (χ1n) is 9.57. The van der Waals surface area contributed by atoms with Gasteiger partial charge in [0, 0.05) is 51.3 Å². The quantitative estimate of drug-likeness (QED) is 0.548. The van der Waals surface area contributed by atoms with E-state index < -0.39 is 0 Å². The van der Waals surface area contributed by atoms with Gasteiger partial charge in [0.1, 0.15) is 0 Å². The summed E-state index contributed by atoms with van der Waals surface area (Å²) in [6, 6.07) is 8.24. The number of rotatable bonds is 4. The first-order valence-corrected chi connectivity index (χ1v) is 10.4. The van der Waals surface area contributed by atoms with Crippen molar-refractivity contribution in [2.45, 2.75) is 6.04 Å². The highest BCUT2D eigenvalue weighted by molar-refractivity contribution is 7.16. The fraction of sp³-hybridized carbons (Fsp3) is 0.238. The van der Waals surface area contributed by atoms with Crippen molar-refractivity contribution in [3.05, 3.63) is 64.3 Å². The van der Waals surface area contributed by atoms with Gasteiger partial charge < -0.3 is 14.8 Å². The van der Waals surface area contributed by atoms with E-state index in [2.05, 4.69) is 15.4 Å². The molecule has 0 spiro atoms. The molecule has 1 fully saturated rings. The highest BCUT2D eigenvalue weighted by Gasteiger charge is 2.31. The van der Waals surface area contributed by atoms with Gasteiger partial charge >= 0.3 is 4.87 Å². The van der Waals surface area contributed by atoms with Crippen LogP contribution >= 0.6 is 11.3 Å². The molecule has 4 heterocycles. The summed E-state index contributed by atoms with van der Waals surface area (Å²) in [5.41, 5.74) is 4.45. The van der Waals surface area contributed by atoms with Crippen LogP contribution < -0.4 is 10.2 Å². The number of fused-ring (bicyclic) bond motifs is 1. The van der Waals surface area contributed by atoms with Crippen molar-refractivity contribution >= 4 is 33.1 Å². The lowest BCUT2D eigenvalue weighted by Crippen LogP contribution is -2.56. The van der Waals surface area contributed by atoms with Crippen LogP contribution in [0.4, 0.5) is 5.69 Å². The van der Waals surface area contributed by atoms with Crippen LogP contribution in [0.3, 0.4) is 0 Å². The van der Waals surface area contributed by atoms with Gasteiger partial charge in [-0.05, 0) is 23.8 Å². The molecule has 1 amide bonds. The van der Waals surface area contributed by atoms with E-state index in [1.165, 1.54) is 11.3 Å². The number of thiazole rings is 1. The van der Waals surface area contributed by atoms with E-state index in [1.807, 2.05) is 30.5 Å². The number of nitrogens with zero attached hydrogens (tertiary/aromatic N) is 5. The van der Waals surface area contributed by atoms with Crippen LogP contribution in [0.2, 0.25) is 0 Å². The SMILES string of the molecule is Cn1cc(C(=O)N2CC(Nc3cncc(-c4ccc5c(c4)sc(=O)n5C)c3)C2)cn1. The lowest BCUT2D eigenvalue weighted by atomic mass is 10.1. The van der Waals surface area contributed by atoms with E-state index in [9.17, 15) is 9.59 Å². The third-order valence-electron chi connectivity index (χ3n) is 5.36. The maximum Gasteiger partial charge on any atom is 0.307 e. The van der Waals surface area contributed by atoms with E-state index >= 15 is 0 Å². The summed E-state index contributed by atoms with van der Waals surface area (Å²) in [7, 11) is 3.58. The van der Waals surface area contributed by atoms with Crippen molar-refractivity contribution in [3.8, 4) is 11.1 Å². The zero-order valence-electron chi connectivity index (χ0n) is 16.6. The van der Waals surface area contributed by atoms with Crippen LogP contribution in [0.25, 0.3) is 21.3 Å². The highest BCUT2D eigenvalue weighted by Crippen LogP contribution is 2.27. The second kappa shape index (κ2) is 7.10. The molecule has 0 unspecified atom stereocenters. The molecule has 8 nitrogen and oxygen atoms in total. The first-order chi connectivity index (χ1) is 14.5. The molecule has 0 saturated carbocycles. The molecule has 1 aliphatic heterocycles. The summed E-state index contributed by atoms with van der Waals surface area (Å²) in [5.74, 6) is 0.00295. The Hall–Kier alpha value is -3.46. The van der Waals surface area contributed by atoms with Gasteiger partial charge in [0.15, 0.2) is 0 Å². The molecule has 0 atom stereocenters. The second-order valence-electron chi connectivity index (χ2n) is 7.53. The molecule has 1 aliphatic rings. The number of carbonyl (C=O) groups excluding carboxylic acids is 1. The third-order valence-corrected chi connectivity index (χ3v) is 6.35. The topological polar surface area (TPSA) is 85.0 Å². The number of amides is 1. The Kier molecular flexibility index (Phi) is 4.39. The Labute approximate surface area is 176 Å². The van der Waals surface area contributed by atoms with E-state index in [0.29, 0.717) is 18.7 Å². The molecule has 1 saturated heterocycles. The largest absolute Gasteiger partial charge is 0.377 e. The smallest absolute Gasteiger partial charge is 0.307 e. The number of pyridine rings is 1. The number of aromatic nitrogens is 4. The summed E-state index contributed by atoms with van der Waals surface area (Å²) < 4.78 is 4.25.